The van der Waals surface area contributed by atoms with E-state index >= 15 is 0 Å². The minimum atomic E-state index is -5.32. The minimum Gasteiger partial charge on any atom is -0.756 e. The van der Waals surface area contributed by atoms with Crippen molar-refractivity contribution in [1.82, 2.24) is 14.9 Å². The van der Waals surface area contributed by atoms with E-state index in [4.69, 9.17) is 68.5 Å². The quantitative estimate of drug-likeness (QED) is 0.0610. The fourth-order valence-corrected chi connectivity index (χ4v) is 16.4. The molecule has 2 unspecified atom stereocenters. The van der Waals surface area contributed by atoms with Gasteiger partial charge in [0.2, 0.25) is 41.4 Å². The maximum Gasteiger partial charge on any atom is 2.00 e. The number of nitrogens with one attached hydrogen (secondary N) is 1. The Morgan fingerprint density at radius 1 is 0.791 bits per heavy atom. The van der Waals surface area contributed by atoms with Gasteiger partial charge in [0.15, 0.2) is 6.23 Å². The summed E-state index contributed by atoms with van der Waals surface area (Å²) in [5, 5.41) is 30.1. The first-order valence-electron chi connectivity index (χ1n) is 30.5. The number of aliphatic imine (C=N–C) groups is 3. The molecule has 27 nitrogen and oxygen atoms in total. The summed E-state index contributed by atoms with van der Waals surface area (Å²) in [6.45, 7) is 19.0. The number of hydrogen-bond donors (Lipinski definition) is 9. The summed E-state index contributed by atoms with van der Waals surface area (Å²) in [5.41, 5.74) is 36.7. The van der Waals surface area contributed by atoms with E-state index in [1.807, 2.05) is 80.5 Å². The molecule has 0 aliphatic carbocycles. The molecule has 15 N–H and O–H groups in total. The zero-order valence-electron chi connectivity index (χ0n) is 53.5. The first-order valence-corrected chi connectivity index (χ1v) is 32.0. The Morgan fingerprint density at radius 3 is 1.97 bits per heavy atom. The SMILES string of the molecule is C/C1=C2/[N-]C([C@H](CC(N)=O)[C@@]2(C)CCC(=O)NC[C@@H](C)OP(=O)([O-])O[C@H]2[C@@H](O)[C@@H](n3cnc4cc(C)c(C)cc43)O[C@@H]2CO)[C@]2(C)N=C(/C(C)=C3N=C(/C=C4N=C1[C@@H](CCC(N)=O)C\4(C)C)[C@@H](CCC(N)=O)[C@]\3(C)CC(N)=O)[C@@H](CCC(N)=O)[C@]2(C)CC(N)=O.[Co+2]. The number of amides is 7. The van der Waals surface area contributed by atoms with Crippen molar-refractivity contribution in [1.29, 1.82) is 0 Å². The number of carbonyl (C=O) groups excluding carboxylic acids is 7. The molecule has 2 saturated heterocycles. The molecule has 15 atom stereocenters. The van der Waals surface area contributed by atoms with Crippen LogP contribution in [0.1, 0.15) is 150 Å². The van der Waals surface area contributed by atoms with Crippen LogP contribution < -0.4 is 44.6 Å². The van der Waals surface area contributed by atoms with E-state index in [0.717, 1.165) is 11.1 Å². The third kappa shape index (κ3) is 13.8. The number of phosphoric acid groups is 1. The Bertz CT molecular complexity index is 3540. The average Bonchev–Trinajstić information content (AvgIpc) is 1.53. The second-order valence-electron chi connectivity index (χ2n) is 27.0. The number of benzene rings is 1. The number of nitrogens with two attached hydrogens (primary N) is 6. The molecule has 1 radical (unpaired) electrons. The molecule has 2 fully saturated rings. The van der Waals surface area contributed by atoms with Crippen LogP contribution in [-0.2, 0) is 68.7 Å². The molecule has 1 aromatic carbocycles. The van der Waals surface area contributed by atoms with E-state index in [1.54, 1.807) is 6.92 Å². The Kier molecular flexibility index (Phi) is 21.2. The zero-order chi connectivity index (χ0) is 66.7. The predicted molar refractivity (Wildman–Crippen MR) is 332 cm³/mol. The van der Waals surface area contributed by atoms with Crippen LogP contribution in [0.5, 0.6) is 0 Å². The molecule has 2 aromatic rings. The number of imidazole rings is 1. The fraction of sp³-hybridized carbons (Fsp3) is 0.629. The number of hydrogen-bond acceptors (Lipinski definition) is 18. The van der Waals surface area contributed by atoms with E-state index in [2.05, 4.69) is 10.3 Å². The number of carbonyl (C=O) groups is 7. The van der Waals surface area contributed by atoms with E-state index in [-0.39, 0.29) is 94.0 Å². The molecule has 6 aliphatic heterocycles. The number of allylic oxidation sites excluding steroid dienone is 6. The van der Waals surface area contributed by atoms with E-state index in [0.29, 0.717) is 56.4 Å². The van der Waals surface area contributed by atoms with E-state index < -0.39 is 143 Å². The normalized spacial score (nSPS) is 33.8. The van der Waals surface area contributed by atoms with E-state index in [1.165, 1.54) is 17.8 Å². The number of primary amides is 6. The molecule has 7 heterocycles. The van der Waals surface area contributed by atoms with Gasteiger partial charge in [-0.1, -0.05) is 40.7 Å². The van der Waals surface area contributed by atoms with Crippen LogP contribution in [0.4, 0.5) is 0 Å². The average molecular weight is 1330 g/mol. The monoisotopic (exact) mass is 1330 g/mol. The van der Waals surface area contributed by atoms with Crippen molar-refractivity contribution >= 4 is 77.3 Å². The van der Waals surface area contributed by atoms with Gasteiger partial charge >= 0.3 is 16.8 Å². The Balaban J connectivity index is 0.0000118. The van der Waals surface area contributed by atoms with Crippen molar-refractivity contribution in [3.8, 4) is 0 Å². The van der Waals surface area contributed by atoms with Gasteiger partial charge in [-0.25, -0.2) is 4.98 Å². The summed E-state index contributed by atoms with van der Waals surface area (Å²) in [6.07, 6.45) is -4.79. The molecule has 7 amide bonds. The number of aliphatic hydroxyl groups is 2. The van der Waals surface area contributed by atoms with Crippen LogP contribution in [0.3, 0.4) is 0 Å². The third-order valence-corrected chi connectivity index (χ3v) is 21.6. The first-order chi connectivity index (χ1) is 41.8. The number of nitrogens with zero attached hydrogens (tertiary/aromatic N) is 6. The number of phosphoric ester groups is 1. The summed E-state index contributed by atoms with van der Waals surface area (Å²) in [6, 6.07) is 2.65. The smallest absolute Gasteiger partial charge is 0.756 e. The minimum absolute atomic E-state index is 0. The van der Waals surface area contributed by atoms with Crippen molar-refractivity contribution in [3.05, 3.63) is 69.2 Å². The van der Waals surface area contributed by atoms with E-state index in [9.17, 15) is 53.2 Å². The largest absolute Gasteiger partial charge is 2.00 e. The second-order valence-corrected chi connectivity index (χ2v) is 28.3. The van der Waals surface area contributed by atoms with Gasteiger partial charge in [-0.05, 0) is 119 Å². The van der Waals surface area contributed by atoms with Crippen LogP contribution >= 0.6 is 7.82 Å². The number of fused-ring (bicyclic) bond motifs is 7. The van der Waals surface area contributed by atoms with Crippen LogP contribution in [0.2, 0.25) is 0 Å². The molecule has 91 heavy (non-hydrogen) atoms. The number of rotatable bonds is 26. The molecule has 1 aromatic heterocycles. The number of ether oxygens (including phenoxy) is 1. The molecule has 0 spiro atoms. The summed E-state index contributed by atoms with van der Waals surface area (Å²) in [4.78, 5) is 128. The van der Waals surface area contributed by atoms with Crippen molar-refractivity contribution in [2.75, 3.05) is 13.2 Å². The number of aliphatic hydroxyl groups excluding tert-OH is 2. The Morgan fingerprint density at radius 2 is 1.38 bits per heavy atom. The van der Waals surface area contributed by atoms with Crippen molar-refractivity contribution in [2.45, 2.75) is 189 Å². The van der Waals surface area contributed by atoms with Crippen molar-refractivity contribution in [3.63, 3.8) is 0 Å². The summed E-state index contributed by atoms with van der Waals surface area (Å²) < 4.78 is 31.9. The van der Waals surface area contributed by atoms with Gasteiger partial charge in [0.25, 0.3) is 7.82 Å². The van der Waals surface area contributed by atoms with Crippen molar-refractivity contribution < 1.29 is 83.8 Å². The van der Waals surface area contributed by atoms with Crippen LogP contribution in [0, 0.1) is 59.2 Å². The standard InChI is InChI=1S/C62H90N13O14P.Co/c1-29-20-39-40(21-30(29)2)75(28-70-39)57-52(84)53(41(27-76)87-57)89-90(85,86)88-31(3)26-69-49(83)18-19-59(8)37(22-46(66)80)56-62(11)61(10,25-48(68)82)36(14-17-45(65)79)51(74-62)33(5)55-60(9,24-47(67)81)34(12-15-43(63)77)38(71-55)23-42-58(6,7)35(13-16-44(64)78)50(72-42)32(4)54(59)73-56;/h20-21,23,28,31,34-37,41,52-53,56-57,76,84H,12-19,22,24-27H2,1-11H3,(H15,63,64,65,66,67,68,69,71,72,73,74,77,78,79,80,81,82,83,85,86);/q;+2/p-2/t31-,34-,35-,36-,37+,41-,52-,53-,56?,57+,59-,60+,61+,62+;/m1./s1. The van der Waals surface area contributed by atoms with Gasteiger partial charge in [0.1, 0.15) is 18.3 Å². The predicted octanol–water partition coefficient (Wildman–Crippen LogP) is 3.31. The maximum absolute atomic E-state index is 14.4. The zero-order valence-corrected chi connectivity index (χ0v) is 55.4. The van der Waals surface area contributed by atoms with Crippen LogP contribution in [0.15, 0.2) is 67.8 Å². The molecule has 29 heteroatoms. The number of aromatic nitrogens is 2. The second kappa shape index (κ2) is 26.8. The van der Waals surface area contributed by atoms with Crippen LogP contribution in [0.25, 0.3) is 16.4 Å². The van der Waals surface area contributed by atoms with Gasteiger partial charge in [0, 0.05) is 108 Å². The molecule has 8 rings (SSSR count). The summed E-state index contributed by atoms with van der Waals surface area (Å²) in [7, 11) is -5.32. The first kappa shape index (κ1) is 71.9. The molecular weight excluding hydrogens is 1240 g/mol. The number of aryl methyl sites for hydroxylation is 2. The molecule has 0 saturated carbocycles. The maximum atomic E-state index is 14.4. The third-order valence-electron chi connectivity index (χ3n) is 20.5. The molecule has 499 valence electrons. The molecular formula is C62H88CoN13O14P. The summed E-state index contributed by atoms with van der Waals surface area (Å²) >= 11 is 0. The van der Waals surface area contributed by atoms with Gasteiger partial charge in [0.05, 0.1) is 41.3 Å². The fourth-order valence-electron chi connectivity index (χ4n) is 15.3. The Labute approximate surface area is 539 Å². The van der Waals surface area contributed by atoms with Gasteiger partial charge in [-0.2, -0.15) is 5.70 Å². The summed E-state index contributed by atoms with van der Waals surface area (Å²) in [5.74, 6) is -7.40. The Hall–Kier alpha value is -6.49. The molecule has 8 bridgehead atoms. The van der Waals surface area contributed by atoms with Gasteiger partial charge < -0.3 is 78.5 Å². The van der Waals surface area contributed by atoms with Gasteiger partial charge in [-0.15, -0.1) is 0 Å². The molecule has 6 aliphatic rings. The van der Waals surface area contributed by atoms with Gasteiger partial charge in [-0.3, -0.25) is 53.1 Å². The topological polar surface area (TPSA) is 465 Å². The van der Waals surface area contributed by atoms with Crippen molar-refractivity contribution in [2.24, 2.45) is 94.7 Å². The van der Waals surface area contributed by atoms with Crippen LogP contribution in [-0.4, -0.2) is 127 Å².